The number of likely N-dealkylation sites (N-methyl/N-ethyl adjacent to an activating group) is 2. The molecule has 2 aliphatic heterocycles. The molecule has 11 amide bonds. The molecule has 138 heavy (non-hydrogen) atoms. The van der Waals surface area contributed by atoms with E-state index in [1.165, 1.54) is 4.90 Å². The number of imide groups is 1. The number of nitrogens with zero attached hydrogens (tertiary/aromatic N) is 5. The van der Waals surface area contributed by atoms with Crippen molar-refractivity contribution in [3.05, 3.63) is 87.9 Å². The Morgan fingerprint density at radius 2 is 1.22 bits per heavy atom. The first-order chi connectivity index (χ1) is 66.2. The average molecular weight is 1980 g/mol. The van der Waals surface area contributed by atoms with Gasteiger partial charge in [0.15, 0.2) is 5.78 Å². The molecule has 0 bridgehead atoms. The van der Waals surface area contributed by atoms with Crippen LogP contribution in [0.4, 0.5) is 4.79 Å². The van der Waals surface area contributed by atoms with Gasteiger partial charge in [-0.2, -0.15) is 0 Å². The van der Waals surface area contributed by atoms with Gasteiger partial charge in [0.2, 0.25) is 53.2 Å². The monoisotopic (exact) mass is 1980 g/mol. The van der Waals surface area contributed by atoms with Crippen molar-refractivity contribution in [1.29, 1.82) is 0 Å². The van der Waals surface area contributed by atoms with E-state index in [4.69, 9.17) is 69.5 Å². The molecular weight excluding hydrogens is 1830 g/mol. The van der Waals surface area contributed by atoms with Crippen molar-refractivity contribution in [3.63, 3.8) is 0 Å². The molecule has 2 fully saturated rings. The number of benzene rings is 2. The van der Waals surface area contributed by atoms with Gasteiger partial charge in [-0.25, -0.2) is 15.7 Å². The van der Waals surface area contributed by atoms with Crippen molar-refractivity contribution in [3.8, 4) is 0 Å². The number of urea groups is 1. The summed E-state index contributed by atoms with van der Waals surface area (Å²) in [6, 6.07) is 11.5. The first-order valence-corrected chi connectivity index (χ1v) is 50.3. The number of unbranched alkanes of at least 4 members (excludes halogenated alkanes) is 2. The Morgan fingerprint density at radius 1 is 0.616 bits per heavy atom. The Morgan fingerprint density at radius 3 is 1.76 bits per heavy atom. The van der Waals surface area contributed by atoms with E-state index in [1.807, 2.05) is 90.8 Å². The van der Waals surface area contributed by atoms with Gasteiger partial charge in [-0.05, 0) is 91.7 Å². The van der Waals surface area contributed by atoms with E-state index in [0.717, 1.165) is 33.7 Å². The van der Waals surface area contributed by atoms with Crippen LogP contribution in [0.25, 0.3) is 0 Å². The number of primary amides is 2. The molecule has 5 rings (SSSR count). The Labute approximate surface area is 822 Å². The van der Waals surface area contributed by atoms with Crippen LogP contribution >= 0.6 is 23.1 Å². The molecule has 0 saturated carbocycles. The molecule has 2 aliphatic rings. The van der Waals surface area contributed by atoms with Crippen LogP contribution in [0.2, 0.25) is 0 Å². The topological polar surface area (TPSA) is 502 Å². The van der Waals surface area contributed by atoms with E-state index >= 15 is 0 Å². The summed E-state index contributed by atoms with van der Waals surface area (Å²) in [5.74, 6) is -2.44. The number of nitrogens with one attached hydrogen (secondary N) is 4. The summed E-state index contributed by atoms with van der Waals surface area (Å²) in [6.07, 6.45) is 5.89. The van der Waals surface area contributed by atoms with Crippen molar-refractivity contribution in [2.75, 3.05) is 166 Å². The highest BCUT2D eigenvalue weighted by Crippen LogP contribution is 2.35. The molecule has 40 heteroatoms. The lowest BCUT2D eigenvalue weighted by Crippen LogP contribution is -2.60. The van der Waals surface area contributed by atoms with Gasteiger partial charge in [0.1, 0.15) is 42.9 Å². The zero-order valence-corrected chi connectivity index (χ0v) is 84.9. The van der Waals surface area contributed by atoms with Crippen LogP contribution in [0.5, 0.6) is 0 Å². The van der Waals surface area contributed by atoms with Crippen LogP contribution in [0, 0.1) is 35.5 Å². The van der Waals surface area contributed by atoms with Crippen LogP contribution in [0.1, 0.15) is 193 Å². The average Bonchev–Trinajstić information content (AvgIpc) is 1.11. The fraction of sp³-hybridized carbons (Fsp3) is 0.704. The smallest absolute Gasteiger partial charge is 0.312 e. The van der Waals surface area contributed by atoms with Gasteiger partial charge in [0.05, 0.1) is 153 Å². The highest BCUT2D eigenvalue weighted by Gasteiger charge is 2.45. The van der Waals surface area contributed by atoms with E-state index in [-0.39, 0.29) is 180 Å². The molecule has 776 valence electrons. The molecule has 0 spiro atoms. The Hall–Kier alpha value is -8.88. The number of Topliss-reactive ketones (excluding diaryl/α,β-unsaturated/α-hetero) is 3. The maximum absolute atomic E-state index is 14.8. The molecule has 1 aromatic heterocycles. The Kier molecular flexibility index (Phi) is 58.5. The molecule has 3 unspecified atom stereocenters. The van der Waals surface area contributed by atoms with Gasteiger partial charge in [-0.15, -0.1) is 23.1 Å². The summed E-state index contributed by atoms with van der Waals surface area (Å²) in [4.78, 5) is 201. The molecule has 2 aromatic carbocycles. The van der Waals surface area contributed by atoms with E-state index in [0.29, 0.717) is 155 Å². The number of aromatic nitrogens is 1. The minimum atomic E-state index is -1.11. The van der Waals surface area contributed by atoms with Crippen LogP contribution in [-0.4, -0.2) is 327 Å². The maximum Gasteiger partial charge on any atom is 0.312 e. The molecule has 2 saturated heterocycles. The summed E-state index contributed by atoms with van der Waals surface area (Å²) in [7, 11) is 6.41. The number of likely N-dealkylation sites (tertiary alicyclic amines) is 2. The van der Waals surface area contributed by atoms with Crippen molar-refractivity contribution in [2.45, 2.75) is 244 Å². The molecule has 38 nitrogen and oxygen atoms in total. The first-order valence-electron chi connectivity index (χ1n) is 48.4. The lowest BCUT2D eigenvalue weighted by Gasteiger charge is -2.41. The Balaban J connectivity index is 0.856. The molecular formula is C98H156N12O26S2. The summed E-state index contributed by atoms with van der Waals surface area (Å²) >= 11 is 2.57. The van der Waals surface area contributed by atoms with Crippen molar-refractivity contribution >= 4 is 106 Å². The third-order valence-corrected chi connectivity index (χ3v) is 26.8. The van der Waals surface area contributed by atoms with Gasteiger partial charge >= 0.3 is 12.0 Å². The van der Waals surface area contributed by atoms with Crippen LogP contribution in [0.3, 0.4) is 0 Å². The molecule has 0 radical (unpaired) electrons. The van der Waals surface area contributed by atoms with Gasteiger partial charge in [0.25, 0.3) is 0 Å². The fourth-order valence-corrected chi connectivity index (χ4v) is 18.6. The van der Waals surface area contributed by atoms with Crippen LogP contribution in [0.15, 0.2) is 66.2 Å². The number of hydrogen-bond donors (Lipinski definition) is 7. The van der Waals surface area contributed by atoms with Gasteiger partial charge < -0.3 is 99.5 Å². The zero-order chi connectivity index (χ0) is 101. The summed E-state index contributed by atoms with van der Waals surface area (Å²) in [5, 5.41) is 12.8. The number of amides is 11. The second kappa shape index (κ2) is 67.5. The number of thiazole rings is 1. The minimum Gasteiger partial charge on any atom is -0.461 e. The number of carbonyl (C=O) groups excluding carboxylic acids is 14. The normalized spacial score (nSPS) is 16.3. The van der Waals surface area contributed by atoms with Crippen molar-refractivity contribution in [2.24, 2.45) is 52.9 Å². The predicted molar refractivity (Wildman–Crippen MR) is 518 cm³/mol. The number of nitrogens with two attached hydrogens (primary N) is 3. The summed E-state index contributed by atoms with van der Waals surface area (Å²) in [5.41, 5.74) is 13.1. The van der Waals surface area contributed by atoms with Crippen molar-refractivity contribution < 1.29 is 124 Å². The molecule has 13 atom stereocenters. The van der Waals surface area contributed by atoms with E-state index in [9.17, 15) is 67.1 Å². The quantitative estimate of drug-likeness (QED) is 0.0136. The SMILES string of the molecule is CC[C@H](C)C([C@@H](CC(=O)N1CCC[C@H]1[C@H](OC)[C@@H](C)C(=O)C[C@@H](Cc1ccccc1)c1nccs1)OC)N(C)C(=O)[C@@H](NC(=O)[C@H](C(C)C)N(C)C(=O)CCOCCOCCOCCOCCOCCOCCOCCOCCCC(=O)OCc1ccc(CC(=O)[C@H](CCCNC(N)=O)NC(=O)[C@@H](CC(=O)CCCCCN2C(=O)CC(SCC(NC(=O)CON)C(N)=O)C2=O)C(C)C)cc1)C(C)C. The number of carbonyl (C=O) groups is 14. The standard InChI is InChI=1S/C98H156N12O26S2/c1-14-68(8)90(81(125-12)60-85(116)109-38-22-28-78(109)91(126-13)69(9)79(112)58-73(95-102-36-55-137-95)56-70-24-17-15-18-25-70)108(11)97(123)88(66(4)5)106-94(121)89(67(6)7)107(10)84(115)34-40-128-42-44-130-46-48-132-50-52-134-54-53-133-51-49-131-47-45-129-43-41-127-39-23-29-87(118)135-62-72-32-30-71(31-33-72)57-80(113)76(27-21-35-103-98(100)124)105-93(120)75(65(2)3)59-74(111)26-19-16-20-37-110-86(117)61-82(96(110)122)138-64-77(92(99)119)104-83(114)63-136-101/h15,17-18,24-25,30-33,36,55,65-69,73,75-78,81-82,88-91H,14,16,19-23,26-29,34-35,37-54,56-64,101H2,1-13H3,(H2,99,119)(H,104,114)(H,105,120)(H,106,121)(H3,100,103,124)/t68-,69-,73+,75-,76-,77?,78-,81+,82?,88-,89-,90?,91+/m0/s1. The maximum atomic E-state index is 14.8. The summed E-state index contributed by atoms with van der Waals surface area (Å²) < 4.78 is 62.7. The highest BCUT2D eigenvalue weighted by molar-refractivity contribution is 8.00. The number of ketones is 3. The highest BCUT2D eigenvalue weighted by atomic mass is 32.2. The Bertz CT molecular complexity index is 4140. The van der Waals surface area contributed by atoms with Crippen LogP contribution < -0.4 is 38.6 Å². The number of esters is 1. The van der Waals surface area contributed by atoms with Gasteiger partial charge in [0, 0.05) is 128 Å². The zero-order valence-electron chi connectivity index (χ0n) is 83.3. The molecule has 10 N–H and O–H groups in total. The lowest BCUT2D eigenvalue weighted by atomic mass is 9.85. The van der Waals surface area contributed by atoms with E-state index in [1.54, 1.807) is 75.0 Å². The third-order valence-electron chi connectivity index (χ3n) is 24.6. The van der Waals surface area contributed by atoms with E-state index in [2.05, 4.69) is 43.2 Å². The number of methoxy groups -OCH3 is 2. The minimum absolute atomic E-state index is 0.0101. The predicted octanol–water partition coefficient (Wildman–Crippen LogP) is 6.58. The number of rotatable bonds is 77. The molecule has 0 aliphatic carbocycles. The molecule has 3 aromatic rings. The van der Waals surface area contributed by atoms with Crippen LogP contribution in [-0.2, 0) is 139 Å². The van der Waals surface area contributed by atoms with E-state index < -0.39 is 108 Å². The first kappa shape index (κ1) is 120. The van der Waals surface area contributed by atoms with Gasteiger partial charge in [-0.3, -0.25) is 72.1 Å². The third kappa shape index (κ3) is 44.1. The fourth-order valence-electron chi connectivity index (χ4n) is 16.6. The largest absolute Gasteiger partial charge is 0.461 e. The summed E-state index contributed by atoms with van der Waals surface area (Å²) in [6.45, 7) is 22.5. The van der Waals surface area contributed by atoms with Crippen molar-refractivity contribution in [1.82, 2.24) is 45.9 Å². The molecule has 3 heterocycles. The second-order valence-corrected chi connectivity index (χ2v) is 38.1. The number of thioether (sulfide) groups is 1. The number of ether oxygens (including phenoxy) is 11. The number of hydrogen-bond acceptors (Lipinski definition) is 30. The second-order valence-electron chi connectivity index (χ2n) is 36.0. The lowest BCUT2D eigenvalue weighted by molar-refractivity contribution is -0.148. The van der Waals surface area contributed by atoms with Gasteiger partial charge in [-0.1, -0.05) is 130 Å².